The van der Waals surface area contributed by atoms with Gasteiger partial charge in [0.25, 0.3) is 10.0 Å². The number of hydrogen-bond donors (Lipinski definition) is 0. The highest BCUT2D eigenvalue weighted by Crippen LogP contribution is 2.35. The summed E-state index contributed by atoms with van der Waals surface area (Å²) in [6.45, 7) is 1.95. The Bertz CT molecular complexity index is 1400. The first-order valence-corrected chi connectivity index (χ1v) is 14.1. The van der Waals surface area contributed by atoms with E-state index in [1.54, 1.807) is 17.9 Å². The van der Waals surface area contributed by atoms with E-state index in [4.69, 9.17) is 4.74 Å². The molecule has 10 heteroatoms. The molecule has 0 unspecified atom stereocenters. The summed E-state index contributed by atoms with van der Waals surface area (Å²) in [4.78, 5) is 14.8. The molecule has 0 aliphatic carbocycles. The number of methoxy groups -OCH3 is 1. The SMILES string of the molecule is COc1ccc(C)cc1S(=O)(=O)N(CC(=O)N1CCC(Cc2ccccc2)CC1)c1cccc(C(F)(F)F)c1. The lowest BCUT2D eigenvalue weighted by Crippen LogP contribution is -2.46. The van der Waals surface area contributed by atoms with Crippen LogP contribution in [0.1, 0.15) is 29.5 Å². The third-order valence-electron chi connectivity index (χ3n) is 6.96. The van der Waals surface area contributed by atoms with E-state index in [0.29, 0.717) is 24.6 Å². The Kier molecular flexibility index (Phi) is 8.54. The number of nitrogens with zero attached hydrogens (tertiary/aromatic N) is 2. The molecule has 0 saturated carbocycles. The molecule has 1 aliphatic rings. The Morgan fingerprint density at radius 1 is 1.00 bits per heavy atom. The summed E-state index contributed by atoms with van der Waals surface area (Å²) in [5.74, 6) is -0.0520. The smallest absolute Gasteiger partial charge is 0.416 e. The van der Waals surface area contributed by atoms with E-state index in [9.17, 15) is 26.4 Å². The fourth-order valence-corrected chi connectivity index (χ4v) is 6.46. The molecule has 1 saturated heterocycles. The third kappa shape index (κ3) is 6.73. The number of aryl methyl sites for hydroxylation is 1. The lowest BCUT2D eigenvalue weighted by atomic mass is 9.90. The van der Waals surface area contributed by atoms with Crippen molar-refractivity contribution >= 4 is 21.6 Å². The highest BCUT2D eigenvalue weighted by atomic mass is 32.2. The number of carbonyl (C=O) groups excluding carboxylic acids is 1. The number of piperidine rings is 1. The molecule has 208 valence electrons. The highest BCUT2D eigenvalue weighted by Gasteiger charge is 2.35. The number of benzene rings is 3. The van der Waals surface area contributed by atoms with Crippen LogP contribution in [-0.4, -0.2) is 46.0 Å². The Balaban J connectivity index is 1.61. The largest absolute Gasteiger partial charge is 0.495 e. The van der Waals surface area contributed by atoms with E-state index in [0.717, 1.165) is 41.8 Å². The molecule has 1 heterocycles. The molecule has 0 spiro atoms. The van der Waals surface area contributed by atoms with Crippen LogP contribution >= 0.6 is 0 Å². The summed E-state index contributed by atoms with van der Waals surface area (Å²) in [7, 11) is -3.16. The van der Waals surface area contributed by atoms with Crippen molar-refractivity contribution in [3.05, 3.63) is 89.5 Å². The van der Waals surface area contributed by atoms with Crippen molar-refractivity contribution < 1.29 is 31.1 Å². The van der Waals surface area contributed by atoms with E-state index in [1.165, 1.54) is 30.9 Å². The zero-order chi connectivity index (χ0) is 28.2. The van der Waals surface area contributed by atoms with Gasteiger partial charge in [0.15, 0.2) is 0 Å². The minimum atomic E-state index is -4.68. The molecule has 6 nitrogen and oxygen atoms in total. The second-order valence-corrected chi connectivity index (χ2v) is 11.6. The zero-order valence-electron chi connectivity index (χ0n) is 21.8. The summed E-state index contributed by atoms with van der Waals surface area (Å²) in [6, 6.07) is 18.6. The molecule has 0 atom stereocenters. The number of likely N-dealkylation sites (tertiary alicyclic amines) is 1. The molecule has 4 rings (SSSR count). The van der Waals surface area contributed by atoms with E-state index in [-0.39, 0.29) is 16.3 Å². The number of anilines is 1. The van der Waals surface area contributed by atoms with Crippen molar-refractivity contribution in [1.29, 1.82) is 0 Å². The van der Waals surface area contributed by atoms with Crippen LogP contribution in [0.2, 0.25) is 0 Å². The predicted octanol–water partition coefficient (Wildman–Crippen LogP) is 5.70. The van der Waals surface area contributed by atoms with Crippen LogP contribution < -0.4 is 9.04 Å². The summed E-state index contributed by atoms with van der Waals surface area (Å²) in [5, 5.41) is 0. The maximum Gasteiger partial charge on any atom is 0.416 e. The van der Waals surface area contributed by atoms with Gasteiger partial charge in [-0.05, 0) is 73.6 Å². The minimum absolute atomic E-state index is 0.0340. The molecular formula is C29H31F3N2O4S. The maximum atomic E-state index is 13.9. The summed E-state index contributed by atoms with van der Waals surface area (Å²) >= 11 is 0. The number of amides is 1. The molecular weight excluding hydrogens is 529 g/mol. The van der Waals surface area contributed by atoms with Crippen LogP contribution in [0.3, 0.4) is 0 Å². The van der Waals surface area contributed by atoms with Gasteiger partial charge in [-0.2, -0.15) is 13.2 Å². The monoisotopic (exact) mass is 560 g/mol. The lowest BCUT2D eigenvalue weighted by molar-refractivity contribution is -0.137. The molecule has 1 fully saturated rings. The van der Waals surface area contributed by atoms with Crippen LogP contribution in [0.5, 0.6) is 5.75 Å². The van der Waals surface area contributed by atoms with Crippen molar-refractivity contribution in [3.63, 3.8) is 0 Å². The second kappa shape index (κ2) is 11.7. The van der Waals surface area contributed by atoms with Crippen molar-refractivity contribution in [3.8, 4) is 5.75 Å². The minimum Gasteiger partial charge on any atom is -0.495 e. The maximum absolute atomic E-state index is 13.9. The van der Waals surface area contributed by atoms with Gasteiger partial charge in [0, 0.05) is 13.1 Å². The van der Waals surface area contributed by atoms with Gasteiger partial charge in [-0.3, -0.25) is 9.10 Å². The van der Waals surface area contributed by atoms with Crippen molar-refractivity contribution in [2.45, 2.75) is 37.3 Å². The van der Waals surface area contributed by atoms with Gasteiger partial charge in [0.2, 0.25) is 5.91 Å². The van der Waals surface area contributed by atoms with E-state index in [2.05, 4.69) is 12.1 Å². The summed E-state index contributed by atoms with van der Waals surface area (Å²) < 4.78 is 74.3. The quantitative estimate of drug-likeness (QED) is 0.355. The molecule has 1 amide bonds. The summed E-state index contributed by atoms with van der Waals surface area (Å²) in [6.07, 6.45) is -2.29. The molecule has 0 aromatic heterocycles. The van der Waals surface area contributed by atoms with Crippen molar-refractivity contribution in [1.82, 2.24) is 4.90 Å². The Hall–Kier alpha value is -3.53. The molecule has 0 N–H and O–H groups in total. The molecule has 3 aromatic carbocycles. The van der Waals surface area contributed by atoms with Gasteiger partial charge in [-0.1, -0.05) is 42.5 Å². The summed E-state index contributed by atoms with van der Waals surface area (Å²) in [5.41, 5.74) is 0.577. The first-order valence-electron chi connectivity index (χ1n) is 12.7. The first kappa shape index (κ1) is 28.5. The fourth-order valence-electron chi connectivity index (χ4n) is 4.81. The third-order valence-corrected chi connectivity index (χ3v) is 8.76. The lowest BCUT2D eigenvalue weighted by Gasteiger charge is -2.34. The van der Waals surface area contributed by atoms with Crippen LogP contribution in [0.15, 0.2) is 77.7 Å². The Morgan fingerprint density at radius 2 is 1.69 bits per heavy atom. The Morgan fingerprint density at radius 3 is 2.33 bits per heavy atom. The van der Waals surface area contributed by atoms with Gasteiger partial charge < -0.3 is 9.64 Å². The second-order valence-electron chi connectivity index (χ2n) is 9.73. The first-order chi connectivity index (χ1) is 18.5. The van der Waals surface area contributed by atoms with Gasteiger partial charge >= 0.3 is 6.18 Å². The van der Waals surface area contributed by atoms with E-state index < -0.39 is 34.2 Å². The molecule has 39 heavy (non-hydrogen) atoms. The molecule has 0 bridgehead atoms. The van der Waals surface area contributed by atoms with Gasteiger partial charge in [-0.25, -0.2) is 8.42 Å². The molecule has 0 radical (unpaired) electrons. The number of ether oxygens (including phenoxy) is 1. The van der Waals surface area contributed by atoms with E-state index in [1.807, 2.05) is 18.2 Å². The van der Waals surface area contributed by atoms with E-state index >= 15 is 0 Å². The van der Waals surface area contributed by atoms with Gasteiger partial charge in [0.1, 0.15) is 17.2 Å². The van der Waals surface area contributed by atoms with Crippen molar-refractivity contribution in [2.75, 3.05) is 31.0 Å². The fraction of sp³-hybridized carbons (Fsp3) is 0.345. The molecule has 1 aliphatic heterocycles. The standard InChI is InChI=1S/C29H31F3N2O4S/c1-21-11-12-26(38-2)27(17-21)39(36,37)34(25-10-6-9-24(19-25)29(30,31)32)20-28(35)33-15-13-23(14-16-33)18-22-7-4-3-5-8-22/h3-12,17,19,23H,13-16,18,20H2,1-2H3. The van der Waals surface area contributed by atoms with Gasteiger partial charge in [-0.15, -0.1) is 0 Å². The van der Waals surface area contributed by atoms with Gasteiger partial charge in [0.05, 0.1) is 18.4 Å². The van der Waals surface area contributed by atoms with Crippen LogP contribution in [0, 0.1) is 12.8 Å². The van der Waals surface area contributed by atoms with Crippen molar-refractivity contribution in [2.24, 2.45) is 5.92 Å². The highest BCUT2D eigenvalue weighted by molar-refractivity contribution is 7.93. The predicted molar refractivity (Wildman–Crippen MR) is 143 cm³/mol. The molecule has 3 aromatic rings. The number of hydrogen-bond acceptors (Lipinski definition) is 4. The van der Waals surface area contributed by atoms with Crippen LogP contribution in [0.4, 0.5) is 18.9 Å². The normalized spacial score (nSPS) is 14.7. The Labute approximate surface area is 227 Å². The topological polar surface area (TPSA) is 66.9 Å². The number of carbonyl (C=O) groups is 1. The average Bonchev–Trinajstić information content (AvgIpc) is 2.92. The van der Waals surface area contributed by atoms with Crippen LogP contribution in [-0.2, 0) is 27.4 Å². The number of sulfonamides is 1. The number of alkyl halides is 3. The number of halogens is 3. The van der Waals surface area contributed by atoms with Crippen LogP contribution in [0.25, 0.3) is 0 Å². The average molecular weight is 561 g/mol. The zero-order valence-corrected chi connectivity index (χ0v) is 22.6. The number of rotatable bonds is 8.